The molecule has 0 radical (unpaired) electrons. The van der Waals surface area contributed by atoms with Crippen molar-refractivity contribution in [3.8, 4) is 5.88 Å². The van der Waals surface area contributed by atoms with E-state index < -0.39 is 5.97 Å². The summed E-state index contributed by atoms with van der Waals surface area (Å²) in [6.45, 7) is 4.85. The number of pyridine rings is 1. The summed E-state index contributed by atoms with van der Waals surface area (Å²) in [6, 6.07) is 2.43. The molecule has 1 aliphatic rings. The van der Waals surface area contributed by atoms with Crippen LogP contribution in [-0.4, -0.2) is 47.2 Å². The maximum absolute atomic E-state index is 11.2. The van der Waals surface area contributed by atoms with Crippen LogP contribution in [0.5, 0.6) is 5.88 Å². The summed E-state index contributed by atoms with van der Waals surface area (Å²) in [7, 11) is 2.06. The van der Waals surface area contributed by atoms with Gasteiger partial charge in [-0.2, -0.15) is 0 Å². The highest BCUT2D eigenvalue weighted by atomic mass is 16.5. The molecule has 1 N–H and O–H groups in total. The Balaban J connectivity index is 2.03. The summed E-state index contributed by atoms with van der Waals surface area (Å²) in [6.07, 6.45) is 2.50. The van der Waals surface area contributed by atoms with Crippen molar-refractivity contribution >= 4 is 5.97 Å². The van der Waals surface area contributed by atoms with Gasteiger partial charge in [-0.25, -0.2) is 9.78 Å². The van der Waals surface area contributed by atoms with Crippen LogP contribution in [0.2, 0.25) is 0 Å². The Bertz CT molecular complexity index is 484. The van der Waals surface area contributed by atoms with Crippen molar-refractivity contribution in [2.75, 3.05) is 20.2 Å². The van der Waals surface area contributed by atoms with Crippen LogP contribution in [0.4, 0.5) is 0 Å². The number of nitrogens with zero attached hydrogens (tertiary/aromatic N) is 2. The van der Waals surface area contributed by atoms with E-state index in [9.17, 15) is 9.90 Å². The Morgan fingerprint density at radius 2 is 2.21 bits per heavy atom. The minimum absolute atomic E-state index is 0.166. The number of likely N-dealkylation sites (N-methyl/N-ethyl adjacent to an activating group) is 1. The Kier molecular flexibility index (Phi) is 4.04. The number of carboxylic acid groups (broad SMARTS) is 1. The van der Waals surface area contributed by atoms with E-state index in [1.54, 1.807) is 13.0 Å². The van der Waals surface area contributed by atoms with E-state index in [-0.39, 0.29) is 11.4 Å². The molecule has 104 valence electrons. The van der Waals surface area contributed by atoms with Gasteiger partial charge in [0.15, 0.2) is 0 Å². The van der Waals surface area contributed by atoms with Crippen molar-refractivity contribution in [1.82, 2.24) is 9.88 Å². The number of aromatic nitrogens is 1. The second-order valence-electron chi connectivity index (χ2n) is 5.13. The quantitative estimate of drug-likeness (QED) is 0.849. The Hall–Kier alpha value is -1.62. The summed E-state index contributed by atoms with van der Waals surface area (Å²) in [4.78, 5) is 17.7. The van der Waals surface area contributed by atoms with Crippen LogP contribution in [0.1, 0.15) is 34.5 Å². The number of hydrogen-bond donors (Lipinski definition) is 1. The zero-order valence-corrected chi connectivity index (χ0v) is 11.6. The number of aromatic carboxylic acids is 1. The van der Waals surface area contributed by atoms with Crippen molar-refractivity contribution in [3.63, 3.8) is 0 Å². The topological polar surface area (TPSA) is 62.7 Å². The third-order valence-corrected chi connectivity index (χ3v) is 3.38. The Labute approximate surface area is 113 Å². The summed E-state index contributed by atoms with van der Waals surface area (Å²) < 4.78 is 5.58. The molecule has 0 amide bonds. The van der Waals surface area contributed by atoms with E-state index >= 15 is 0 Å². The molecular weight excluding hydrogens is 244 g/mol. The van der Waals surface area contributed by atoms with Gasteiger partial charge >= 0.3 is 5.97 Å². The molecule has 0 aliphatic heterocycles. The fourth-order valence-electron chi connectivity index (χ4n) is 2.15. The van der Waals surface area contributed by atoms with Crippen molar-refractivity contribution < 1.29 is 14.6 Å². The molecule has 0 saturated heterocycles. The Morgan fingerprint density at radius 3 is 2.79 bits per heavy atom. The fraction of sp³-hybridized carbons (Fsp3) is 0.571. The van der Waals surface area contributed by atoms with Crippen LogP contribution in [0.25, 0.3) is 0 Å². The summed E-state index contributed by atoms with van der Waals surface area (Å²) in [5.74, 6) is -0.759. The van der Waals surface area contributed by atoms with Gasteiger partial charge in [-0.15, -0.1) is 0 Å². The van der Waals surface area contributed by atoms with E-state index in [0.29, 0.717) is 18.2 Å². The van der Waals surface area contributed by atoms with Crippen molar-refractivity contribution in [2.45, 2.75) is 32.7 Å². The first-order valence-electron chi connectivity index (χ1n) is 6.53. The molecule has 19 heavy (non-hydrogen) atoms. The third kappa shape index (κ3) is 3.44. The highest BCUT2D eigenvalue weighted by molar-refractivity contribution is 5.91. The lowest BCUT2D eigenvalue weighted by molar-refractivity contribution is 0.0689. The SMILES string of the molecule is Cc1cc(C)c(C(=O)O)c(OCCN(C)C2CC2)n1. The van der Waals surface area contributed by atoms with E-state index in [4.69, 9.17) is 4.74 Å². The van der Waals surface area contributed by atoms with Gasteiger partial charge in [0.05, 0.1) is 0 Å². The van der Waals surface area contributed by atoms with E-state index in [2.05, 4.69) is 16.9 Å². The average Bonchev–Trinajstić information content (AvgIpc) is 3.10. The van der Waals surface area contributed by atoms with Crippen LogP contribution in [0.15, 0.2) is 6.07 Å². The molecule has 0 aromatic carbocycles. The monoisotopic (exact) mass is 264 g/mol. The molecule has 1 aliphatic carbocycles. The molecule has 1 aromatic heterocycles. The molecule has 2 rings (SSSR count). The first-order chi connectivity index (χ1) is 8.99. The lowest BCUT2D eigenvalue weighted by atomic mass is 10.1. The molecule has 1 heterocycles. The van der Waals surface area contributed by atoms with Crippen LogP contribution >= 0.6 is 0 Å². The van der Waals surface area contributed by atoms with Crippen LogP contribution in [0, 0.1) is 13.8 Å². The van der Waals surface area contributed by atoms with E-state index in [0.717, 1.165) is 12.2 Å². The van der Waals surface area contributed by atoms with Crippen LogP contribution in [0.3, 0.4) is 0 Å². The van der Waals surface area contributed by atoms with Gasteiger partial charge < -0.3 is 14.7 Å². The molecule has 1 fully saturated rings. The van der Waals surface area contributed by atoms with Crippen LogP contribution < -0.4 is 4.74 Å². The maximum atomic E-state index is 11.2. The number of aryl methyl sites for hydroxylation is 2. The molecule has 1 aromatic rings. The van der Waals surface area contributed by atoms with Gasteiger partial charge in [-0.3, -0.25) is 0 Å². The maximum Gasteiger partial charge on any atom is 0.341 e. The lowest BCUT2D eigenvalue weighted by Crippen LogP contribution is -2.26. The van der Waals surface area contributed by atoms with Crippen molar-refractivity contribution in [2.24, 2.45) is 0 Å². The summed E-state index contributed by atoms with van der Waals surface area (Å²) in [5.41, 5.74) is 1.62. The highest BCUT2D eigenvalue weighted by Gasteiger charge is 2.26. The van der Waals surface area contributed by atoms with Gasteiger partial charge in [-0.05, 0) is 45.4 Å². The normalized spacial score (nSPS) is 14.7. The summed E-state index contributed by atoms with van der Waals surface area (Å²) >= 11 is 0. The zero-order valence-electron chi connectivity index (χ0n) is 11.6. The minimum atomic E-state index is -0.990. The number of rotatable bonds is 6. The first-order valence-corrected chi connectivity index (χ1v) is 6.53. The molecular formula is C14H20N2O3. The van der Waals surface area contributed by atoms with Gasteiger partial charge in [0.1, 0.15) is 12.2 Å². The van der Waals surface area contributed by atoms with Gasteiger partial charge in [0.25, 0.3) is 0 Å². The fourth-order valence-corrected chi connectivity index (χ4v) is 2.15. The molecule has 5 heteroatoms. The average molecular weight is 264 g/mol. The third-order valence-electron chi connectivity index (χ3n) is 3.38. The minimum Gasteiger partial charge on any atom is -0.477 e. The molecule has 0 atom stereocenters. The molecule has 0 unspecified atom stereocenters. The smallest absolute Gasteiger partial charge is 0.341 e. The zero-order chi connectivity index (χ0) is 14.0. The summed E-state index contributed by atoms with van der Waals surface area (Å²) in [5, 5.41) is 9.21. The van der Waals surface area contributed by atoms with E-state index in [1.807, 2.05) is 6.92 Å². The first kappa shape index (κ1) is 13.8. The molecule has 0 bridgehead atoms. The number of carbonyl (C=O) groups is 1. The van der Waals surface area contributed by atoms with Crippen molar-refractivity contribution in [1.29, 1.82) is 0 Å². The largest absolute Gasteiger partial charge is 0.477 e. The molecule has 5 nitrogen and oxygen atoms in total. The predicted molar refractivity (Wildman–Crippen MR) is 71.8 cm³/mol. The van der Waals surface area contributed by atoms with Gasteiger partial charge in [0.2, 0.25) is 5.88 Å². The van der Waals surface area contributed by atoms with Crippen LogP contribution in [-0.2, 0) is 0 Å². The lowest BCUT2D eigenvalue weighted by Gasteiger charge is -2.16. The van der Waals surface area contributed by atoms with Gasteiger partial charge in [-0.1, -0.05) is 0 Å². The highest BCUT2D eigenvalue weighted by Crippen LogP contribution is 2.25. The number of carboxylic acids is 1. The standard InChI is InChI=1S/C14H20N2O3/c1-9-8-10(2)15-13(12(9)14(17)18)19-7-6-16(3)11-4-5-11/h8,11H,4-7H2,1-3H3,(H,17,18). The molecule has 1 saturated carbocycles. The van der Waals surface area contributed by atoms with Gasteiger partial charge in [0, 0.05) is 18.3 Å². The second-order valence-corrected chi connectivity index (χ2v) is 5.13. The van der Waals surface area contributed by atoms with Crippen molar-refractivity contribution in [3.05, 3.63) is 22.9 Å². The molecule has 0 spiro atoms. The van der Waals surface area contributed by atoms with E-state index in [1.165, 1.54) is 12.8 Å². The Morgan fingerprint density at radius 1 is 1.53 bits per heavy atom. The predicted octanol–water partition coefficient (Wildman–Crippen LogP) is 1.87. The number of ether oxygens (including phenoxy) is 1. The second kappa shape index (κ2) is 5.57. The number of hydrogen-bond acceptors (Lipinski definition) is 4.